The van der Waals surface area contributed by atoms with Crippen molar-refractivity contribution in [2.24, 2.45) is 0 Å². The standard InChI is InChI=1S/C13H15F3N2O2.2ClH/c14-8-10(18-6-4-17-5-7-18)9-2-1-3-11-12(9)20-13(15,16)19-11;;/h1-3,10,17H,4-8H2;2*1H/t10-;;/m1../s1. The van der Waals surface area contributed by atoms with Gasteiger partial charge in [-0.25, -0.2) is 4.39 Å². The van der Waals surface area contributed by atoms with Gasteiger partial charge in [-0.15, -0.1) is 33.6 Å². The van der Waals surface area contributed by atoms with Crippen molar-refractivity contribution in [2.75, 3.05) is 32.9 Å². The van der Waals surface area contributed by atoms with Crippen LogP contribution in [-0.4, -0.2) is 44.0 Å². The highest BCUT2D eigenvalue weighted by Gasteiger charge is 2.45. The summed E-state index contributed by atoms with van der Waals surface area (Å²) in [5.74, 6) is -0.0974. The molecule has 4 nitrogen and oxygen atoms in total. The zero-order valence-electron chi connectivity index (χ0n) is 11.6. The summed E-state index contributed by atoms with van der Waals surface area (Å²) in [6, 6.07) is 3.98. The second kappa shape index (κ2) is 7.59. The number of nitrogens with zero attached hydrogens (tertiary/aromatic N) is 1. The van der Waals surface area contributed by atoms with Gasteiger partial charge in [0.15, 0.2) is 11.5 Å². The van der Waals surface area contributed by atoms with Crippen molar-refractivity contribution >= 4 is 24.8 Å². The minimum Gasteiger partial charge on any atom is -0.395 e. The molecule has 1 aromatic rings. The molecule has 2 aliphatic heterocycles. The molecule has 2 aliphatic rings. The number of piperazine rings is 1. The smallest absolute Gasteiger partial charge is 0.395 e. The van der Waals surface area contributed by atoms with Gasteiger partial charge in [0, 0.05) is 31.7 Å². The average molecular weight is 361 g/mol. The largest absolute Gasteiger partial charge is 0.586 e. The third-order valence-electron chi connectivity index (χ3n) is 3.56. The molecule has 126 valence electrons. The molecule has 1 atom stereocenters. The highest BCUT2D eigenvalue weighted by atomic mass is 35.5. The lowest BCUT2D eigenvalue weighted by molar-refractivity contribution is -0.287. The van der Waals surface area contributed by atoms with Gasteiger partial charge in [-0.1, -0.05) is 12.1 Å². The SMILES string of the molecule is Cl.Cl.FC[C@H](c1cccc2c1OC(F)(F)O2)N1CCNCC1. The van der Waals surface area contributed by atoms with E-state index in [-0.39, 0.29) is 36.3 Å². The Morgan fingerprint density at radius 3 is 2.50 bits per heavy atom. The van der Waals surface area contributed by atoms with Gasteiger partial charge < -0.3 is 14.8 Å². The van der Waals surface area contributed by atoms with Crippen molar-refractivity contribution in [1.82, 2.24) is 10.2 Å². The molecular weight excluding hydrogens is 344 g/mol. The number of halogens is 5. The normalized spacial score (nSPS) is 20.7. The second-order valence-corrected chi connectivity index (χ2v) is 4.80. The van der Waals surface area contributed by atoms with E-state index in [1.54, 1.807) is 12.1 Å². The summed E-state index contributed by atoms with van der Waals surface area (Å²) >= 11 is 0. The number of hydrogen-bond donors (Lipinski definition) is 1. The second-order valence-electron chi connectivity index (χ2n) is 4.80. The Labute approximate surface area is 138 Å². The van der Waals surface area contributed by atoms with Gasteiger partial charge in [-0.05, 0) is 6.07 Å². The monoisotopic (exact) mass is 360 g/mol. The molecule has 1 saturated heterocycles. The lowest BCUT2D eigenvalue weighted by atomic mass is 10.0. The van der Waals surface area contributed by atoms with Crippen LogP contribution in [0.5, 0.6) is 11.5 Å². The average Bonchev–Trinajstić information content (AvgIpc) is 2.75. The van der Waals surface area contributed by atoms with E-state index in [2.05, 4.69) is 14.8 Å². The van der Waals surface area contributed by atoms with Crippen molar-refractivity contribution in [2.45, 2.75) is 12.3 Å². The van der Waals surface area contributed by atoms with Gasteiger partial charge in [0.05, 0.1) is 6.04 Å². The van der Waals surface area contributed by atoms with E-state index in [0.29, 0.717) is 18.7 Å². The van der Waals surface area contributed by atoms with Gasteiger partial charge in [0.25, 0.3) is 0 Å². The molecule has 0 unspecified atom stereocenters. The van der Waals surface area contributed by atoms with Crippen molar-refractivity contribution in [3.05, 3.63) is 23.8 Å². The van der Waals surface area contributed by atoms with Gasteiger partial charge in [-0.2, -0.15) is 0 Å². The van der Waals surface area contributed by atoms with Crippen LogP contribution in [0, 0.1) is 0 Å². The van der Waals surface area contributed by atoms with Crippen LogP contribution >= 0.6 is 24.8 Å². The summed E-state index contributed by atoms with van der Waals surface area (Å²) in [6.07, 6.45) is -3.68. The highest BCUT2D eigenvalue weighted by molar-refractivity contribution is 5.85. The predicted molar refractivity (Wildman–Crippen MR) is 80.3 cm³/mol. The van der Waals surface area contributed by atoms with Crippen molar-refractivity contribution in [3.8, 4) is 11.5 Å². The van der Waals surface area contributed by atoms with Gasteiger partial charge >= 0.3 is 6.29 Å². The number of alkyl halides is 3. The number of para-hydroxylation sites is 1. The third kappa shape index (κ3) is 3.71. The van der Waals surface area contributed by atoms with Crippen LogP contribution < -0.4 is 14.8 Å². The van der Waals surface area contributed by atoms with E-state index in [0.717, 1.165) is 13.1 Å². The Kier molecular flexibility index (Phi) is 6.61. The lowest BCUT2D eigenvalue weighted by Gasteiger charge is -2.33. The number of nitrogens with one attached hydrogen (secondary N) is 1. The maximum atomic E-state index is 13.4. The van der Waals surface area contributed by atoms with E-state index in [9.17, 15) is 13.2 Å². The fourth-order valence-electron chi connectivity index (χ4n) is 2.62. The fourth-order valence-corrected chi connectivity index (χ4v) is 2.62. The van der Waals surface area contributed by atoms with E-state index >= 15 is 0 Å². The van der Waals surface area contributed by atoms with Crippen LogP contribution in [0.2, 0.25) is 0 Å². The van der Waals surface area contributed by atoms with Gasteiger partial charge in [-0.3, -0.25) is 4.90 Å². The molecule has 0 bridgehead atoms. The molecule has 0 spiro atoms. The summed E-state index contributed by atoms with van der Waals surface area (Å²) in [5.41, 5.74) is 0.407. The first-order valence-corrected chi connectivity index (χ1v) is 6.50. The number of fused-ring (bicyclic) bond motifs is 1. The van der Waals surface area contributed by atoms with Crippen LogP contribution in [0.4, 0.5) is 13.2 Å². The Hall–Kier alpha value is -0.890. The number of rotatable bonds is 3. The first-order valence-electron chi connectivity index (χ1n) is 6.50. The highest BCUT2D eigenvalue weighted by Crippen LogP contribution is 2.46. The Morgan fingerprint density at radius 1 is 1.18 bits per heavy atom. The summed E-state index contributed by atoms with van der Waals surface area (Å²) in [7, 11) is 0. The summed E-state index contributed by atoms with van der Waals surface area (Å²) in [6.45, 7) is 2.16. The molecule has 9 heteroatoms. The molecule has 1 aromatic carbocycles. The van der Waals surface area contributed by atoms with Gasteiger partial charge in [0.1, 0.15) is 6.67 Å². The maximum Gasteiger partial charge on any atom is 0.586 e. The molecule has 0 amide bonds. The summed E-state index contributed by atoms with van der Waals surface area (Å²) in [5, 5.41) is 3.17. The number of benzene rings is 1. The Morgan fingerprint density at radius 2 is 1.86 bits per heavy atom. The topological polar surface area (TPSA) is 33.7 Å². The van der Waals surface area contributed by atoms with Gasteiger partial charge in [0.2, 0.25) is 0 Å². The Balaban J connectivity index is 0.00000121. The zero-order chi connectivity index (χ0) is 14.2. The molecular formula is C13H17Cl2F3N2O2. The molecule has 1 fully saturated rings. The van der Waals surface area contributed by atoms with Crippen molar-refractivity contribution in [1.29, 1.82) is 0 Å². The predicted octanol–water partition coefficient (Wildman–Crippen LogP) is 2.77. The van der Waals surface area contributed by atoms with E-state index in [1.165, 1.54) is 6.07 Å². The van der Waals surface area contributed by atoms with Crippen LogP contribution in [0.3, 0.4) is 0 Å². The molecule has 0 aliphatic carbocycles. The maximum absolute atomic E-state index is 13.4. The Bertz CT molecular complexity index is 502. The number of hydrogen-bond acceptors (Lipinski definition) is 4. The molecule has 22 heavy (non-hydrogen) atoms. The van der Waals surface area contributed by atoms with Crippen LogP contribution in [0.15, 0.2) is 18.2 Å². The lowest BCUT2D eigenvalue weighted by Crippen LogP contribution is -2.45. The quantitative estimate of drug-likeness (QED) is 0.898. The van der Waals surface area contributed by atoms with Crippen LogP contribution in [-0.2, 0) is 0 Å². The van der Waals surface area contributed by atoms with Crippen molar-refractivity contribution in [3.63, 3.8) is 0 Å². The number of ether oxygens (including phenoxy) is 2. The van der Waals surface area contributed by atoms with Crippen LogP contribution in [0.1, 0.15) is 11.6 Å². The summed E-state index contributed by atoms with van der Waals surface area (Å²) < 4.78 is 48.7. The van der Waals surface area contributed by atoms with Crippen molar-refractivity contribution < 1.29 is 22.6 Å². The van der Waals surface area contributed by atoms with E-state index in [1.807, 2.05) is 4.90 Å². The third-order valence-corrected chi connectivity index (χ3v) is 3.56. The fraction of sp³-hybridized carbons (Fsp3) is 0.538. The van der Waals surface area contributed by atoms with Crippen LogP contribution in [0.25, 0.3) is 0 Å². The molecule has 2 heterocycles. The first kappa shape index (κ1) is 19.2. The minimum absolute atomic E-state index is 0. The zero-order valence-corrected chi connectivity index (χ0v) is 13.2. The van der Waals surface area contributed by atoms with E-state index in [4.69, 9.17) is 0 Å². The first-order chi connectivity index (χ1) is 9.61. The molecule has 0 aromatic heterocycles. The molecule has 0 saturated carbocycles. The van der Waals surface area contributed by atoms with E-state index < -0.39 is 19.0 Å². The summed E-state index contributed by atoms with van der Waals surface area (Å²) in [4.78, 5) is 1.92. The minimum atomic E-state index is -3.68. The molecule has 0 radical (unpaired) electrons. The molecule has 1 N–H and O–H groups in total. The molecule has 3 rings (SSSR count).